The molecule has 0 saturated carbocycles. The molecule has 0 aliphatic rings. The van der Waals surface area contributed by atoms with Gasteiger partial charge < -0.3 is 14.9 Å². The quantitative estimate of drug-likeness (QED) is 0.290. The minimum atomic E-state index is -2.79. The Bertz CT molecular complexity index is 370. The summed E-state index contributed by atoms with van der Waals surface area (Å²) < 4.78 is 4.60. The molecule has 0 aliphatic carbocycles. The van der Waals surface area contributed by atoms with Crippen molar-refractivity contribution in [3.8, 4) is 0 Å². The minimum absolute atomic E-state index is 0.0209. The predicted octanol–water partition coefficient (Wildman–Crippen LogP) is -0.467. The van der Waals surface area contributed by atoms with Gasteiger partial charge in [-0.1, -0.05) is 30.9 Å². The number of hydrogen-bond donors (Lipinski definition) is 4. The molecule has 0 heterocycles. The number of aliphatic hydroxyl groups is 2. The SMILES string of the molecule is C=CC(=CC=CC)C(O)(O)C(N)(N)C(=O)OCC. The van der Waals surface area contributed by atoms with E-state index in [-0.39, 0.29) is 12.2 Å². The standard InChI is InChI=1S/C12H20N2O4/c1-4-7-8-9(5-2)12(16,17)11(13,14)10(15)18-6-3/h4-5,7-8,16-17H,2,6,13-14H2,1,3H3. The van der Waals surface area contributed by atoms with E-state index in [9.17, 15) is 15.0 Å². The van der Waals surface area contributed by atoms with Crippen molar-refractivity contribution >= 4 is 5.97 Å². The van der Waals surface area contributed by atoms with E-state index < -0.39 is 17.4 Å². The van der Waals surface area contributed by atoms with Crippen molar-refractivity contribution in [3.05, 3.63) is 36.5 Å². The summed E-state index contributed by atoms with van der Waals surface area (Å²) >= 11 is 0. The Morgan fingerprint density at radius 1 is 1.44 bits per heavy atom. The number of ether oxygens (including phenoxy) is 1. The number of carbonyl (C=O) groups is 1. The summed E-state index contributed by atoms with van der Waals surface area (Å²) in [5.74, 6) is -3.91. The van der Waals surface area contributed by atoms with Gasteiger partial charge in [-0.2, -0.15) is 0 Å². The van der Waals surface area contributed by atoms with Crippen LogP contribution in [0.3, 0.4) is 0 Å². The van der Waals surface area contributed by atoms with Crippen LogP contribution in [0.25, 0.3) is 0 Å². The van der Waals surface area contributed by atoms with Gasteiger partial charge >= 0.3 is 5.97 Å². The Morgan fingerprint density at radius 3 is 2.39 bits per heavy atom. The van der Waals surface area contributed by atoms with Gasteiger partial charge in [0.1, 0.15) is 0 Å². The van der Waals surface area contributed by atoms with Gasteiger partial charge in [0.25, 0.3) is 0 Å². The topological polar surface area (TPSA) is 119 Å². The van der Waals surface area contributed by atoms with Gasteiger partial charge in [-0.3, -0.25) is 11.5 Å². The van der Waals surface area contributed by atoms with Crippen LogP contribution < -0.4 is 11.5 Å². The summed E-state index contributed by atoms with van der Waals surface area (Å²) in [7, 11) is 0. The van der Waals surface area contributed by atoms with E-state index in [1.807, 2.05) is 0 Å². The average molecular weight is 256 g/mol. The molecule has 0 unspecified atom stereocenters. The van der Waals surface area contributed by atoms with Crippen LogP contribution >= 0.6 is 0 Å². The molecule has 0 aromatic carbocycles. The molecule has 0 bridgehead atoms. The predicted molar refractivity (Wildman–Crippen MR) is 68.0 cm³/mol. The summed E-state index contributed by atoms with van der Waals surface area (Å²) in [5, 5.41) is 19.9. The molecule has 0 amide bonds. The van der Waals surface area contributed by atoms with Crippen molar-refractivity contribution in [1.29, 1.82) is 0 Å². The highest BCUT2D eigenvalue weighted by Crippen LogP contribution is 2.24. The van der Waals surface area contributed by atoms with Gasteiger partial charge in [-0.05, 0) is 13.8 Å². The maximum absolute atomic E-state index is 11.5. The smallest absolute Gasteiger partial charge is 0.347 e. The van der Waals surface area contributed by atoms with Crippen LogP contribution in [0.2, 0.25) is 0 Å². The van der Waals surface area contributed by atoms with Crippen LogP contribution in [0, 0.1) is 0 Å². The first kappa shape index (κ1) is 16.5. The molecule has 6 N–H and O–H groups in total. The zero-order chi connectivity index (χ0) is 14.4. The Hall–Kier alpha value is -1.47. The monoisotopic (exact) mass is 256 g/mol. The number of allylic oxidation sites excluding steroid dienone is 3. The lowest BCUT2D eigenvalue weighted by Gasteiger charge is -2.35. The van der Waals surface area contributed by atoms with Crippen molar-refractivity contribution in [2.75, 3.05) is 6.61 Å². The normalized spacial score (nSPS) is 13.8. The van der Waals surface area contributed by atoms with Gasteiger partial charge in [0.05, 0.1) is 6.61 Å². The molecule has 6 nitrogen and oxygen atoms in total. The number of carbonyl (C=O) groups excluding carboxylic acids is 1. The van der Waals surface area contributed by atoms with Gasteiger partial charge in [0, 0.05) is 5.57 Å². The van der Waals surface area contributed by atoms with E-state index >= 15 is 0 Å². The van der Waals surface area contributed by atoms with E-state index in [1.165, 1.54) is 12.2 Å². The van der Waals surface area contributed by atoms with Crippen molar-refractivity contribution < 1.29 is 19.7 Å². The molecular weight excluding hydrogens is 236 g/mol. The van der Waals surface area contributed by atoms with E-state index in [0.717, 1.165) is 6.08 Å². The molecular formula is C12H20N2O4. The first-order chi connectivity index (χ1) is 8.25. The summed E-state index contributed by atoms with van der Waals surface area (Å²) in [4.78, 5) is 11.5. The Morgan fingerprint density at radius 2 is 2.00 bits per heavy atom. The summed E-state index contributed by atoms with van der Waals surface area (Å²) in [6.45, 7) is 6.72. The third-order valence-electron chi connectivity index (χ3n) is 2.28. The lowest BCUT2D eigenvalue weighted by atomic mass is 9.92. The fraction of sp³-hybridized carbons (Fsp3) is 0.417. The lowest BCUT2D eigenvalue weighted by molar-refractivity contribution is -0.198. The van der Waals surface area contributed by atoms with Crippen LogP contribution in [0.1, 0.15) is 13.8 Å². The maximum atomic E-state index is 11.5. The fourth-order valence-corrected chi connectivity index (χ4v) is 1.16. The summed E-state index contributed by atoms with van der Waals surface area (Å²) in [6, 6.07) is 0. The highest BCUT2D eigenvalue weighted by molar-refractivity contribution is 5.82. The molecule has 0 aromatic rings. The third-order valence-corrected chi connectivity index (χ3v) is 2.28. The second kappa shape index (κ2) is 6.46. The molecule has 0 saturated heterocycles. The Balaban J connectivity index is 5.45. The highest BCUT2D eigenvalue weighted by Gasteiger charge is 2.52. The maximum Gasteiger partial charge on any atom is 0.347 e. The first-order valence-corrected chi connectivity index (χ1v) is 5.41. The van der Waals surface area contributed by atoms with Crippen molar-refractivity contribution in [1.82, 2.24) is 0 Å². The first-order valence-electron chi connectivity index (χ1n) is 5.41. The zero-order valence-electron chi connectivity index (χ0n) is 10.6. The molecule has 0 atom stereocenters. The second-order valence-electron chi connectivity index (χ2n) is 3.61. The lowest BCUT2D eigenvalue weighted by Crippen LogP contribution is -2.72. The van der Waals surface area contributed by atoms with E-state index in [2.05, 4.69) is 11.3 Å². The van der Waals surface area contributed by atoms with Gasteiger partial charge in [-0.15, -0.1) is 0 Å². The average Bonchev–Trinajstić information content (AvgIpc) is 2.29. The fourth-order valence-electron chi connectivity index (χ4n) is 1.16. The Kier molecular flexibility index (Phi) is 5.93. The van der Waals surface area contributed by atoms with Crippen molar-refractivity contribution in [2.45, 2.75) is 25.3 Å². The van der Waals surface area contributed by atoms with Crippen LogP contribution in [-0.4, -0.2) is 34.2 Å². The highest BCUT2D eigenvalue weighted by atomic mass is 16.6. The van der Waals surface area contributed by atoms with Crippen LogP contribution in [0.5, 0.6) is 0 Å². The van der Waals surface area contributed by atoms with Crippen LogP contribution in [0.4, 0.5) is 0 Å². The molecule has 0 rings (SSSR count). The number of nitrogens with two attached hydrogens (primary N) is 2. The van der Waals surface area contributed by atoms with E-state index in [4.69, 9.17) is 11.5 Å². The summed E-state index contributed by atoms with van der Waals surface area (Å²) in [6.07, 6.45) is 5.66. The minimum Gasteiger partial charge on any atom is -0.463 e. The summed E-state index contributed by atoms with van der Waals surface area (Å²) in [5.41, 5.74) is 8.32. The zero-order valence-corrected chi connectivity index (χ0v) is 10.6. The molecule has 0 aliphatic heterocycles. The molecule has 0 spiro atoms. The van der Waals surface area contributed by atoms with Gasteiger partial charge in [-0.25, -0.2) is 4.79 Å². The molecule has 6 heteroatoms. The second-order valence-corrected chi connectivity index (χ2v) is 3.61. The van der Waals surface area contributed by atoms with Gasteiger partial charge in [0.2, 0.25) is 11.4 Å². The molecule has 0 aromatic heterocycles. The van der Waals surface area contributed by atoms with Crippen molar-refractivity contribution in [2.24, 2.45) is 11.5 Å². The molecule has 102 valence electrons. The van der Waals surface area contributed by atoms with E-state index in [0.29, 0.717) is 0 Å². The number of rotatable bonds is 6. The van der Waals surface area contributed by atoms with Crippen molar-refractivity contribution in [3.63, 3.8) is 0 Å². The van der Waals surface area contributed by atoms with Crippen LogP contribution in [-0.2, 0) is 9.53 Å². The van der Waals surface area contributed by atoms with Crippen LogP contribution in [0.15, 0.2) is 36.5 Å². The third kappa shape index (κ3) is 3.27. The largest absolute Gasteiger partial charge is 0.463 e. The Labute approximate surface area is 106 Å². The molecule has 0 fully saturated rings. The number of hydrogen-bond acceptors (Lipinski definition) is 6. The molecule has 0 radical (unpaired) electrons. The van der Waals surface area contributed by atoms with E-state index in [1.54, 1.807) is 19.9 Å². The number of esters is 1. The molecule has 18 heavy (non-hydrogen) atoms. The van der Waals surface area contributed by atoms with Gasteiger partial charge in [0.15, 0.2) is 0 Å².